The summed E-state index contributed by atoms with van der Waals surface area (Å²) in [6.45, 7) is 0.531. The van der Waals surface area contributed by atoms with Crippen LogP contribution in [0.2, 0.25) is 0 Å². The van der Waals surface area contributed by atoms with E-state index in [-0.39, 0.29) is 0 Å². The summed E-state index contributed by atoms with van der Waals surface area (Å²) in [5, 5.41) is 3.54. The first kappa shape index (κ1) is 4.26. The van der Waals surface area contributed by atoms with Crippen LogP contribution in [0.5, 0.6) is 0 Å². The Hall–Kier alpha value is -0.900. The van der Waals surface area contributed by atoms with Gasteiger partial charge in [-0.15, -0.1) is 0 Å². The van der Waals surface area contributed by atoms with Crippen molar-refractivity contribution in [2.75, 3.05) is 6.54 Å². The van der Waals surface area contributed by atoms with Crippen LogP contribution in [0, 0.1) is 0 Å². The predicted molar refractivity (Wildman–Crippen MR) is 24.6 cm³/mol. The number of carbonyl (C=O) groups excluding carboxylic acids is 1. The molecule has 0 aromatic carbocycles. The lowest BCUT2D eigenvalue weighted by atomic mass is 10.4. The molecule has 0 saturated carbocycles. The predicted octanol–water partition coefficient (Wildman–Crippen LogP) is -1.35. The van der Waals surface area contributed by atoms with Crippen molar-refractivity contribution in [1.29, 1.82) is 0 Å². The topological polar surface area (TPSA) is 53.5 Å². The second-order valence-electron chi connectivity index (χ2n) is 1.19. The summed E-state index contributed by atoms with van der Waals surface area (Å²) < 4.78 is 0. The highest BCUT2D eigenvalue weighted by Crippen LogP contribution is 1.72. The summed E-state index contributed by atoms with van der Waals surface area (Å²) in [5.74, 6) is 0. The van der Waals surface area contributed by atoms with E-state index in [0.717, 1.165) is 0 Å². The molecule has 0 aromatic heterocycles. The number of hydrogen-bond donors (Lipinski definition) is 2. The largest absolute Gasteiger partial charge is 0.296 e. The van der Waals surface area contributed by atoms with Gasteiger partial charge < -0.3 is 0 Å². The van der Waals surface area contributed by atoms with E-state index in [1.54, 1.807) is 0 Å². The Morgan fingerprint density at radius 3 is 3.00 bits per heavy atom. The average Bonchev–Trinajstić information content (AvgIpc) is 2.14. The Morgan fingerprint density at radius 1 is 1.86 bits per heavy atom. The van der Waals surface area contributed by atoms with Crippen LogP contribution in [0.15, 0.2) is 5.10 Å². The molecule has 0 fully saturated rings. The molecule has 1 heterocycles. The molecule has 0 saturated heterocycles. The van der Waals surface area contributed by atoms with Crippen molar-refractivity contribution in [3.63, 3.8) is 0 Å². The molecule has 1 aliphatic heterocycles. The van der Waals surface area contributed by atoms with Crippen LogP contribution in [-0.2, 0) is 4.79 Å². The van der Waals surface area contributed by atoms with E-state index < -0.39 is 0 Å². The van der Waals surface area contributed by atoms with E-state index in [2.05, 4.69) is 16.1 Å². The first-order chi connectivity index (χ1) is 3.43. The number of aldehydes is 1. The van der Waals surface area contributed by atoms with Crippen molar-refractivity contribution in [1.82, 2.24) is 11.0 Å². The van der Waals surface area contributed by atoms with E-state index >= 15 is 0 Å². The Labute approximate surface area is 40.6 Å². The maximum absolute atomic E-state index is 9.80. The standard InChI is InChI=1S/C3H5N3O/c7-2-3-1-4-6-5-3/h2,4,6H,1H2. The maximum Gasteiger partial charge on any atom is 0.167 e. The molecular formula is C3H5N3O. The number of hydrazone groups is 1. The fourth-order valence-electron chi connectivity index (χ4n) is 0.349. The summed E-state index contributed by atoms with van der Waals surface area (Å²) in [5.41, 5.74) is 5.58. The first-order valence-electron chi connectivity index (χ1n) is 1.93. The molecule has 7 heavy (non-hydrogen) atoms. The Morgan fingerprint density at radius 2 is 2.71 bits per heavy atom. The molecule has 4 nitrogen and oxygen atoms in total. The van der Waals surface area contributed by atoms with Gasteiger partial charge in [0.25, 0.3) is 0 Å². The van der Waals surface area contributed by atoms with Crippen molar-refractivity contribution in [2.45, 2.75) is 0 Å². The normalized spacial score (nSPS) is 18.0. The molecule has 0 unspecified atom stereocenters. The molecular weight excluding hydrogens is 94.1 g/mol. The molecule has 0 atom stereocenters. The zero-order chi connectivity index (χ0) is 5.11. The third-order valence-electron chi connectivity index (χ3n) is 0.684. The molecule has 0 radical (unpaired) electrons. The van der Waals surface area contributed by atoms with Gasteiger partial charge in [0.1, 0.15) is 5.71 Å². The lowest BCUT2D eigenvalue weighted by Crippen LogP contribution is -2.22. The average molecular weight is 99.1 g/mol. The molecule has 1 aliphatic rings. The van der Waals surface area contributed by atoms with E-state index in [9.17, 15) is 4.79 Å². The van der Waals surface area contributed by atoms with E-state index in [0.29, 0.717) is 18.5 Å². The van der Waals surface area contributed by atoms with Gasteiger partial charge in [0, 0.05) is 0 Å². The van der Waals surface area contributed by atoms with Crippen LogP contribution < -0.4 is 11.0 Å². The van der Waals surface area contributed by atoms with Gasteiger partial charge in [-0.05, 0) is 0 Å². The first-order valence-corrected chi connectivity index (χ1v) is 1.93. The molecule has 1 rings (SSSR count). The van der Waals surface area contributed by atoms with Crippen LogP contribution in [-0.4, -0.2) is 18.5 Å². The highest BCUT2D eigenvalue weighted by atomic mass is 16.1. The Kier molecular flexibility index (Phi) is 1.04. The van der Waals surface area contributed by atoms with Crippen LogP contribution in [0.1, 0.15) is 0 Å². The molecule has 0 spiro atoms. The zero-order valence-corrected chi connectivity index (χ0v) is 3.64. The van der Waals surface area contributed by atoms with Crippen molar-refractivity contribution >= 4 is 12.0 Å². The second-order valence-corrected chi connectivity index (χ2v) is 1.19. The van der Waals surface area contributed by atoms with E-state index in [1.807, 2.05) is 0 Å². The fourth-order valence-corrected chi connectivity index (χ4v) is 0.349. The highest BCUT2D eigenvalue weighted by molar-refractivity contribution is 6.29. The number of carbonyl (C=O) groups is 1. The molecule has 4 heteroatoms. The minimum absolute atomic E-state index is 0.514. The Bertz CT molecular complexity index is 109. The van der Waals surface area contributed by atoms with Crippen molar-refractivity contribution in [3.8, 4) is 0 Å². The van der Waals surface area contributed by atoms with Crippen LogP contribution in [0.25, 0.3) is 0 Å². The maximum atomic E-state index is 9.80. The minimum atomic E-state index is 0.514. The number of hydrazine groups is 1. The molecule has 0 aliphatic carbocycles. The number of hydrogen-bond acceptors (Lipinski definition) is 4. The molecule has 0 aromatic rings. The van der Waals surface area contributed by atoms with Gasteiger partial charge in [0.05, 0.1) is 6.54 Å². The second kappa shape index (κ2) is 1.70. The van der Waals surface area contributed by atoms with Gasteiger partial charge in [0.15, 0.2) is 6.29 Å². The minimum Gasteiger partial charge on any atom is -0.296 e. The number of nitrogens with zero attached hydrogens (tertiary/aromatic N) is 1. The Balaban J connectivity index is 2.51. The van der Waals surface area contributed by atoms with Gasteiger partial charge in [-0.1, -0.05) is 0 Å². The van der Waals surface area contributed by atoms with Gasteiger partial charge in [-0.3, -0.25) is 4.79 Å². The molecule has 2 N–H and O–H groups in total. The lowest BCUT2D eigenvalue weighted by molar-refractivity contribution is -0.102. The summed E-state index contributed by atoms with van der Waals surface area (Å²) in [6, 6.07) is 0. The fraction of sp³-hybridized carbons (Fsp3) is 0.333. The van der Waals surface area contributed by atoms with Gasteiger partial charge in [-0.2, -0.15) is 5.10 Å². The van der Waals surface area contributed by atoms with Gasteiger partial charge in [-0.25, -0.2) is 11.0 Å². The van der Waals surface area contributed by atoms with Gasteiger partial charge >= 0.3 is 0 Å². The zero-order valence-electron chi connectivity index (χ0n) is 3.64. The van der Waals surface area contributed by atoms with Crippen LogP contribution >= 0.6 is 0 Å². The van der Waals surface area contributed by atoms with Crippen molar-refractivity contribution < 1.29 is 4.79 Å². The smallest absolute Gasteiger partial charge is 0.167 e. The van der Waals surface area contributed by atoms with E-state index in [4.69, 9.17) is 0 Å². The van der Waals surface area contributed by atoms with Crippen molar-refractivity contribution in [3.05, 3.63) is 0 Å². The lowest BCUT2D eigenvalue weighted by Gasteiger charge is -1.81. The number of rotatable bonds is 1. The number of nitrogens with one attached hydrogen (secondary N) is 2. The monoisotopic (exact) mass is 99.0 g/mol. The summed E-state index contributed by atoms with van der Waals surface area (Å²) in [7, 11) is 0. The van der Waals surface area contributed by atoms with E-state index in [1.165, 1.54) is 0 Å². The van der Waals surface area contributed by atoms with Crippen LogP contribution in [0.3, 0.4) is 0 Å². The summed E-state index contributed by atoms with van der Waals surface area (Å²) in [6.07, 6.45) is 0.715. The molecule has 38 valence electrons. The third kappa shape index (κ3) is 0.747. The molecule has 0 amide bonds. The van der Waals surface area contributed by atoms with Gasteiger partial charge in [0.2, 0.25) is 0 Å². The molecule has 0 bridgehead atoms. The summed E-state index contributed by atoms with van der Waals surface area (Å²) >= 11 is 0. The summed E-state index contributed by atoms with van der Waals surface area (Å²) in [4.78, 5) is 9.80. The van der Waals surface area contributed by atoms with Crippen molar-refractivity contribution in [2.24, 2.45) is 5.10 Å². The third-order valence-corrected chi connectivity index (χ3v) is 0.684. The quantitative estimate of drug-likeness (QED) is 0.399. The van der Waals surface area contributed by atoms with Crippen LogP contribution in [0.4, 0.5) is 0 Å². The SMILES string of the molecule is O=CC1=NNNC1. The highest BCUT2D eigenvalue weighted by Gasteiger charge is 2.00.